The van der Waals surface area contributed by atoms with E-state index in [4.69, 9.17) is 37.7 Å². The van der Waals surface area contributed by atoms with Gasteiger partial charge in [-0.05, 0) is 72.1 Å². The van der Waals surface area contributed by atoms with Crippen molar-refractivity contribution in [1.29, 1.82) is 0 Å². The third kappa shape index (κ3) is 7.72. The van der Waals surface area contributed by atoms with Crippen molar-refractivity contribution in [2.75, 3.05) is 46.9 Å². The molecule has 280 valence electrons. The minimum absolute atomic E-state index is 0.103. The van der Waals surface area contributed by atoms with Crippen molar-refractivity contribution in [3.63, 3.8) is 0 Å². The molecule has 2 fully saturated rings. The molecule has 11 heteroatoms. The van der Waals surface area contributed by atoms with E-state index in [1.807, 2.05) is 35.2 Å². The molecule has 0 radical (unpaired) electrons. The quantitative estimate of drug-likeness (QED) is 0.222. The minimum atomic E-state index is -0.887. The topological polar surface area (TPSA) is 96.0 Å². The fourth-order valence-electron chi connectivity index (χ4n) is 8.53. The van der Waals surface area contributed by atoms with Crippen LogP contribution in [-0.4, -0.2) is 85.0 Å². The molecular formula is C42H49Cl2N5O4. The molecule has 3 atom stereocenters. The normalized spacial score (nSPS) is 23.4. The molecule has 3 aliphatic heterocycles. The number of alkyl halides is 1. The number of allylic oxidation sites excluding steroid dienone is 4. The molecule has 53 heavy (non-hydrogen) atoms. The lowest BCUT2D eigenvalue weighted by atomic mass is 9.68. The molecule has 0 saturated carbocycles. The van der Waals surface area contributed by atoms with Crippen LogP contribution in [0.15, 0.2) is 66.8 Å². The van der Waals surface area contributed by atoms with Crippen LogP contribution in [0, 0.1) is 5.92 Å². The van der Waals surface area contributed by atoms with E-state index in [1.54, 1.807) is 21.1 Å². The van der Waals surface area contributed by atoms with Crippen molar-refractivity contribution in [3.8, 4) is 11.6 Å². The highest BCUT2D eigenvalue weighted by atomic mass is 35.5. The summed E-state index contributed by atoms with van der Waals surface area (Å²) in [5, 5.41) is 6.56. The van der Waals surface area contributed by atoms with Crippen molar-refractivity contribution < 1.29 is 19.1 Å². The van der Waals surface area contributed by atoms with Crippen LogP contribution >= 0.6 is 23.2 Å². The van der Waals surface area contributed by atoms with Gasteiger partial charge in [0.15, 0.2) is 0 Å². The summed E-state index contributed by atoms with van der Waals surface area (Å²) in [5.74, 6) is 2.20. The largest absolute Gasteiger partial charge is 0.496 e. The molecule has 2 unspecified atom stereocenters. The lowest BCUT2D eigenvalue weighted by molar-refractivity contribution is -0.130. The Morgan fingerprint density at radius 3 is 2.58 bits per heavy atom. The number of carbonyl (C=O) groups is 2. The second-order valence-electron chi connectivity index (χ2n) is 14.7. The zero-order chi connectivity index (χ0) is 37.1. The van der Waals surface area contributed by atoms with E-state index >= 15 is 0 Å². The third-order valence-electron chi connectivity index (χ3n) is 11.5. The minimum Gasteiger partial charge on any atom is -0.496 e. The molecule has 4 aliphatic rings. The summed E-state index contributed by atoms with van der Waals surface area (Å²) < 4.78 is 12.1. The number of nitrogens with one attached hydrogen (secondary N) is 2. The summed E-state index contributed by atoms with van der Waals surface area (Å²) >= 11 is 14.5. The van der Waals surface area contributed by atoms with E-state index in [9.17, 15) is 9.59 Å². The number of nitrogens with zero attached hydrogens (tertiary/aromatic N) is 3. The van der Waals surface area contributed by atoms with Crippen LogP contribution in [0.4, 0.5) is 0 Å². The summed E-state index contributed by atoms with van der Waals surface area (Å²) in [7, 11) is 3.39. The molecule has 2 amide bonds. The molecule has 4 heterocycles. The van der Waals surface area contributed by atoms with Crippen molar-refractivity contribution >= 4 is 40.6 Å². The Bertz CT molecular complexity index is 1890. The van der Waals surface area contributed by atoms with E-state index in [1.165, 1.54) is 11.1 Å². The van der Waals surface area contributed by atoms with Crippen molar-refractivity contribution in [2.45, 2.75) is 69.0 Å². The number of pyridine rings is 1. The number of halogens is 2. The van der Waals surface area contributed by atoms with Gasteiger partial charge in [-0.2, -0.15) is 0 Å². The van der Waals surface area contributed by atoms with E-state index in [0.717, 1.165) is 92.1 Å². The second kappa shape index (κ2) is 16.2. The fourth-order valence-corrected chi connectivity index (χ4v) is 9.27. The maximum atomic E-state index is 11.9. The van der Waals surface area contributed by atoms with Gasteiger partial charge in [-0.3, -0.25) is 14.5 Å². The molecule has 2 N–H and O–H groups in total. The predicted octanol–water partition coefficient (Wildman–Crippen LogP) is 6.28. The maximum absolute atomic E-state index is 11.9. The number of aromatic nitrogens is 1. The maximum Gasteiger partial charge on any atom is 0.220 e. The summed E-state index contributed by atoms with van der Waals surface area (Å²) in [6, 6.07) is 16.5. The Hall–Kier alpha value is -3.89. The number of likely N-dealkylation sites (tertiary alicyclic amines) is 1. The monoisotopic (exact) mass is 757 g/mol. The zero-order valence-corrected chi connectivity index (χ0v) is 32.3. The first-order chi connectivity index (χ1) is 25.7. The Morgan fingerprint density at radius 1 is 1.06 bits per heavy atom. The predicted molar refractivity (Wildman–Crippen MR) is 210 cm³/mol. The van der Waals surface area contributed by atoms with Gasteiger partial charge in [0.05, 0.1) is 30.7 Å². The van der Waals surface area contributed by atoms with Gasteiger partial charge in [0.2, 0.25) is 17.7 Å². The second-order valence-corrected chi connectivity index (χ2v) is 15.6. The highest BCUT2D eigenvalue weighted by molar-refractivity contribution is 6.34. The molecule has 1 aliphatic carbocycles. The first-order valence-corrected chi connectivity index (χ1v) is 19.5. The Morgan fingerprint density at radius 2 is 1.87 bits per heavy atom. The van der Waals surface area contributed by atoms with E-state index in [-0.39, 0.29) is 17.9 Å². The van der Waals surface area contributed by atoms with Crippen LogP contribution in [0.2, 0.25) is 5.02 Å². The number of piperidine rings is 1. The lowest BCUT2D eigenvalue weighted by Gasteiger charge is -2.41. The Labute approximate surface area is 322 Å². The average Bonchev–Trinajstić information content (AvgIpc) is 3.59. The first kappa shape index (κ1) is 37.4. The van der Waals surface area contributed by atoms with Gasteiger partial charge in [0.25, 0.3) is 0 Å². The Kier molecular flexibility index (Phi) is 11.5. The average molecular weight is 759 g/mol. The van der Waals surface area contributed by atoms with Crippen molar-refractivity contribution in [2.24, 2.45) is 5.92 Å². The number of fused-ring (bicyclic) bond motifs is 1. The molecule has 3 aromatic rings. The number of rotatable bonds is 11. The van der Waals surface area contributed by atoms with Gasteiger partial charge in [-0.15, -0.1) is 11.6 Å². The summed E-state index contributed by atoms with van der Waals surface area (Å²) in [5.41, 5.74) is 6.01. The smallest absolute Gasteiger partial charge is 0.220 e. The van der Waals surface area contributed by atoms with E-state index < -0.39 is 10.8 Å². The van der Waals surface area contributed by atoms with Gasteiger partial charge in [0.1, 0.15) is 5.75 Å². The van der Waals surface area contributed by atoms with Gasteiger partial charge in [-0.1, -0.05) is 60.2 Å². The highest BCUT2D eigenvalue weighted by Gasteiger charge is 2.45. The van der Waals surface area contributed by atoms with Crippen LogP contribution < -0.4 is 20.1 Å². The molecule has 0 bridgehead atoms. The third-order valence-corrected chi connectivity index (χ3v) is 12.4. The molecule has 2 aromatic carbocycles. The molecule has 7 rings (SSSR count). The van der Waals surface area contributed by atoms with Crippen LogP contribution in [0.3, 0.4) is 0 Å². The van der Waals surface area contributed by atoms with Gasteiger partial charge >= 0.3 is 0 Å². The number of methoxy groups -OCH3 is 2. The van der Waals surface area contributed by atoms with E-state index in [2.05, 4.69) is 52.0 Å². The van der Waals surface area contributed by atoms with Gasteiger partial charge < -0.3 is 25.0 Å². The van der Waals surface area contributed by atoms with Crippen LogP contribution in [0.25, 0.3) is 5.57 Å². The molecular weight excluding hydrogens is 709 g/mol. The van der Waals surface area contributed by atoms with Crippen LogP contribution in [0.5, 0.6) is 11.6 Å². The number of hydrogen-bond donors (Lipinski definition) is 2. The summed E-state index contributed by atoms with van der Waals surface area (Å²) in [6.45, 7) is 7.33. The summed E-state index contributed by atoms with van der Waals surface area (Å²) in [4.78, 5) is 33.3. The number of carbonyl (C=O) groups excluding carboxylic acids is 2. The number of hydrogen-bond acceptors (Lipinski definition) is 7. The Balaban J connectivity index is 1.22. The number of ether oxygens (including phenoxy) is 2. The van der Waals surface area contributed by atoms with Gasteiger partial charge in [-0.25, -0.2) is 4.98 Å². The lowest BCUT2D eigenvalue weighted by Crippen LogP contribution is -2.42. The van der Waals surface area contributed by atoms with Crippen LogP contribution in [0.1, 0.15) is 66.1 Å². The van der Waals surface area contributed by atoms with E-state index in [0.29, 0.717) is 36.3 Å². The van der Waals surface area contributed by atoms with Crippen molar-refractivity contribution in [3.05, 3.63) is 105 Å². The van der Waals surface area contributed by atoms with Crippen molar-refractivity contribution in [1.82, 2.24) is 25.4 Å². The zero-order valence-electron chi connectivity index (χ0n) is 30.8. The summed E-state index contributed by atoms with van der Waals surface area (Å²) in [6.07, 6.45) is 10.6. The van der Waals surface area contributed by atoms with Gasteiger partial charge in [0, 0.05) is 81.3 Å². The first-order valence-electron chi connectivity index (χ1n) is 18.7. The van der Waals surface area contributed by atoms with Crippen LogP contribution in [-0.2, 0) is 34.5 Å². The standard InChI is InChI=1S/C42H49Cl2N5O4/c1-27(50)49-19-14-28(15-20-49)25-48-18-16-29-21-31(22-37(52-2)35(29)26-48)42(17-6-8-34(40(42)44)33-7-4-5-9-36(33)43)38-12-10-30(41(47-38)53-3)23-45-24-32-11-13-39(51)46-32/h4-10,12,17,21-22,28,32,40,45H,11,13-16,18-20,23-26H2,1-3H3,(H,46,51)/t32-,40?,42?/m0/s1. The highest BCUT2D eigenvalue weighted by Crippen LogP contribution is 2.50. The molecule has 2 saturated heterocycles. The molecule has 1 aromatic heterocycles. The number of benzene rings is 2. The molecule has 9 nitrogen and oxygen atoms in total. The SMILES string of the molecule is COc1cc(C2(c3ccc(CNC[C@@H]4CCC(=O)N4)c(OC)n3)C=CC=C(c3ccccc3Cl)C2Cl)cc2c1CN(CC1CCN(C(C)=O)CC1)CC2. The number of amides is 2. The molecule has 0 spiro atoms. The fraction of sp³-hybridized carbons (Fsp3) is 0.452.